The van der Waals surface area contributed by atoms with Crippen molar-refractivity contribution in [3.05, 3.63) is 70.3 Å². The van der Waals surface area contributed by atoms with Crippen LogP contribution in [0.3, 0.4) is 0 Å². The standard InChI is InChI=1S/C36H51N3O8/c1-23-11-16-27(36-32(43)30(41)31(42)35(47-36,22-46-36)34(2,3)45)21-26(23)20-25-14-12-24(13-15-25)8-6-10-29(40)39-18-7-9-28(39)33(44)37-17-19-38(4)5/h11-16,21,28,30-32,41-43,45H,6-10,17-20,22H2,1-5H3,(H,37,44)/t28-,30-,31-,32+,35-,36-/m0/s1. The summed E-state index contributed by atoms with van der Waals surface area (Å²) in [7, 11) is 3.92. The molecule has 0 unspecified atom stereocenters. The number of likely N-dealkylation sites (N-methyl/N-ethyl adjacent to an activating group) is 1. The number of aliphatic hydroxyl groups is 4. The van der Waals surface area contributed by atoms with Crippen LogP contribution in [0.25, 0.3) is 0 Å². The fraction of sp³-hybridized carbons (Fsp3) is 0.611. The minimum atomic E-state index is -1.74. The van der Waals surface area contributed by atoms with E-state index in [2.05, 4.69) is 29.6 Å². The van der Waals surface area contributed by atoms with Crippen molar-refractivity contribution in [1.82, 2.24) is 15.1 Å². The van der Waals surface area contributed by atoms with E-state index >= 15 is 0 Å². The van der Waals surface area contributed by atoms with Gasteiger partial charge in [0.15, 0.2) is 5.60 Å². The van der Waals surface area contributed by atoms with Gasteiger partial charge in [-0.25, -0.2) is 0 Å². The number of carbonyl (C=O) groups is 2. The van der Waals surface area contributed by atoms with Gasteiger partial charge in [-0.3, -0.25) is 9.59 Å². The summed E-state index contributed by atoms with van der Waals surface area (Å²) >= 11 is 0. The molecule has 0 spiro atoms. The molecule has 3 aliphatic rings. The van der Waals surface area contributed by atoms with E-state index in [1.807, 2.05) is 38.1 Å². The number of fused-ring (bicyclic) bond motifs is 2. The molecule has 11 nitrogen and oxygen atoms in total. The van der Waals surface area contributed by atoms with Crippen LogP contribution in [0, 0.1) is 6.92 Å². The fourth-order valence-corrected chi connectivity index (χ4v) is 7.05. The van der Waals surface area contributed by atoms with Gasteiger partial charge in [0.25, 0.3) is 0 Å². The number of ether oxygens (including phenoxy) is 2. The lowest BCUT2D eigenvalue weighted by Gasteiger charge is -2.50. The molecule has 6 atom stereocenters. The summed E-state index contributed by atoms with van der Waals surface area (Å²) in [5, 5.41) is 46.5. The molecule has 3 saturated heterocycles. The van der Waals surface area contributed by atoms with E-state index in [0.29, 0.717) is 44.3 Å². The Bertz CT molecular complexity index is 1430. The second kappa shape index (κ2) is 13.9. The molecule has 2 amide bonds. The maximum Gasteiger partial charge on any atom is 0.242 e. The molecule has 2 aromatic rings. The topological polar surface area (TPSA) is 152 Å². The Kier molecular flexibility index (Phi) is 10.5. The number of amides is 2. The van der Waals surface area contributed by atoms with E-state index < -0.39 is 35.3 Å². The summed E-state index contributed by atoms with van der Waals surface area (Å²) in [5.74, 6) is -1.78. The first kappa shape index (κ1) is 35.4. The first-order valence-electron chi connectivity index (χ1n) is 16.7. The highest BCUT2D eigenvalue weighted by molar-refractivity contribution is 5.88. The quantitative estimate of drug-likeness (QED) is 0.229. The van der Waals surface area contributed by atoms with E-state index in [-0.39, 0.29) is 24.5 Å². The molecular weight excluding hydrogens is 602 g/mol. The van der Waals surface area contributed by atoms with Crippen molar-refractivity contribution in [2.24, 2.45) is 0 Å². The van der Waals surface area contributed by atoms with E-state index in [1.165, 1.54) is 13.8 Å². The van der Waals surface area contributed by atoms with Crippen molar-refractivity contribution in [2.45, 2.75) is 101 Å². The zero-order valence-corrected chi connectivity index (χ0v) is 28.2. The number of nitrogens with one attached hydrogen (secondary N) is 1. The Balaban J connectivity index is 1.19. The molecule has 3 aliphatic heterocycles. The third-order valence-electron chi connectivity index (χ3n) is 10.1. The molecule has 11 heteroatoms. The first-order chi connectivity index (χ1) is 22.2. The lowest BCUT2D eigenvalue weighted by Crippen LogP contribution is -2.70. The number of likely N-dealkylation sites (tertiary alicyclic amines) is 1. The smallest absolute Gasteiger partial charge is 0.242 e. The Morgan fingerprint density at radius 1 is 1.06 bits per heavy atom. The van der Waals surface area contributed by atoms with Gasteiger partial charge >= 0.3 is 0 Å². The van der Waals surface area contributed by atoms with Gasteiger partial charge in [0, 0.05) is 31.6 Å². The van der Waals surface area contributed by atoms with Gasteiger partial charge < -0.3 is 45.0 Å². The lowest BCUT2D eigenvalue weighted by molar-refractivity contribution is -0.348. The number of nitrogens with zero attached hydrogens (tertiary/aromatic N) is 2. The predicted molar refractivity (Wildman–Crippen MR) is 175 cm³/mol. The summed E-state index contributed by atoms with van der Waals surface area (Å²) in [4.78, 5) is 29.4. The monoisotopic (exact) mass is 653 g/mol. The molecule has 3 fully saturated rings. The maximum atomic E-state index is 13.0. The highest BCUT2D eigenvalue weighted by atomic mass is 16.8. The normalized spacial score (nSPS) is 29.0. The van der Waals surface area contributed by atoms with E-state index in [9.17, 15) is 30.0 Å². The summed E-state index contributed by atoms with van der Waals surface area (Å²) in [5.41, 5.74) is 1.51. The van der Waals surface area contributed by atoms with Crippen molar-refractivity contribution in [1.29, 1.82) is 0 Å². The average molecular weight is 654 g/mol. The van der Waals surface area contributed by atoms with E-state index in [1.54, 1.807) is 11.0 Å². The number of rotatable bonds is 12. The fourth-order valence-electron chi connectivity index (χ4n) is 7.05. The summed E-state index contributed by atoms with van der Waals surface area (Å²) in [6, 6.07) is 13.5. The molecule has 0 saturated carbocycles. The van der Waals surface area contributed by atoms with Gasteiger partial charge in [-0.2, -0.15) is 0 Å². The van der Waals surface area contributed by atoms with Crippen molar-refractivity contribution in [3.63, 3.8) is 0 Å². The number of hydrogen-bond donors (Lipinski definition) is 5. The third-order valence-corrected chi connectivity index (χ3v) is 10.1. The summed E-state index contributed by atoms with van der Waals surface area (Å²) in [6.45, 7) is 6.72. The molecule has 3 heterocycles. The predicted octanol–water partition coefficient (Wildman–Crippen LogP) is 1.38. The molecule has 2 bridgehead atoms. The van der Waals surface area contributed by atoms with Crippen LogP contribution in [-0.2, 0) is 37.7 Å². The zero-order chi connectivity index (χ0) is 34.1. The van der Waals surface area contributed by atoms with Gasteiger partial charge in [0.2, 0.25) is 17.6 Å². The van der Waals surface area contributed by atoms with Crippen LogP contribution in [-0.4, -0.2) is 118 Å². The van der Waals surface area contributed by atoms with Crippen molar-refractivity contribution in [2.75, 3.05) is 40.3 Å². The summed E-state index contributed by atoms with van der Waals surface area (Å²) < 4.78 is 12.2. The second-order valence-electron chi connectivity index (χ2n) is 14.2. The SMILES string of the molecule is Cc1ccc([C@]23OC[C@](C(C)(C)O)(O2)[C@@H](O)[C@H](O)[C@H]3O)cc1Cc1ccc(CCCC(=O)N2CCC[C@H]2C(=O)NCCN(C)C)cc1. The number of aryl methyl sites for hydroxylation is 2. The second-order valence-corrected chi connectivity index (χ2v) is 14.2. The minimum Gasteiger partial charge on any atom is -0.387 e. The van der Waals surface area contributed by atoms with E-state index in [0.717, 1.165) is 41.6 Å². The molecule has 47 heavy (non-hydrogen) atoms. The van der Waals surface area contributed by atoms with Crippen LogP contribution in [0.4, 0.5) is 0 Å². The largest absolute Gasteiger partial charge is 0.387 e. The van der Waals surface area contributed by atoms with Crippen LogP contribution in [0.2, 0.25) is 0 Å². The summed E-state index contributed by atoms with van der Waals surface area (Å²) in [6.07, 6.45) is -0.711. The van der Waals surface area contributed by atoms with Crippen molar-refractivity contribution in [3.8, 4) is 0 Å². The average Bonchev–Trinajstić information content (AvgIpc) is 3.67. The Hall–Kier alpha value is -2.90. The molecule has 5 rings (SSSR count). The molecule has 0 aliphatic carbocycles. The van der Waals surface area contributed by atoms with E-state index in [4.69, 9.17) is 9.47 Å². The van der Waals surface area contributed by atoms with Crippen molar-refractivity contribution < 1.29 is 39.5 Å². The molecule has 0 aromatic heterocycles. The third kappa shape index (κ3) is 6.98. The van der Waals surface area contributed by atoms with Crippen LogP contribution in [0.1, 0.15) is 67.3 Å². The Morgan fingerprint density at radius 3 is 2.45 bits per heavy atom. The lowest BCUT2D eigenvalue weighted by atomic mass is 9.75. The molecule has 5 N–H and O–H groups in total. The number of benzene rings is 2. The van der Waals surface area contributed by atoms with Gasteiger partial charge in [-0.05, 0) is 95.3 Å². The number of hydrogen-bond acceptors (Lipinski definition) is 9. The Labute approximate surface area is 277 Å². The van der Waals surface area contributed by atoms with Crippen molar-refractivity contribution >= 4 is 11.8 Å². The number of carbonyl (C=O) groups excluding carboxylic acids is 2. The molecule has 258 valence electrons. The molecule has 2 aromatic carbocycles. The van der Waals surface area contributed by atoms with Gasteiger partial charge in [0.1, 0.15) is 24.4 Å². The van der Waals surface area contributed by atoms with Gasteiger partial charge in [-0.1, -0.05) is 36.4 Å². The molecule has 0 radical (unpaired) electrons. The number of aliphatic hydroxyl groups excluding tert-OH is 3. The van der Waals surface area contributed by atoms with Crippen LogP contribution in [0.5, 0.6) is 0 Å². The van der Waals surface area contributed by atoms with Gasteiger partial charge in [0.05, 0.1) is 12.2 Å². The Morgan fingerprint density at radius 2 is 1.77 bits per heavy atom. The zero-order valence-electron chi connectivity index (χ0n) is 28.2. The molecular formula is C36H51N3O8. The van der Waals surface area contributed by atoms with Crippen LogP contribution < -0.4 is 5.32 Å². The maximum absolute atomic E-state index is 13.0. The first-order valence-corrected chi connectivity index (χ1v) is 16.7. The highest BCUT2D eigenvalue weighted by Gasteiger charge is 2.71. The highest BCUT2D eigenvalue weighted by Crippen LogP contribution is 2.53. The van der Waals surface area contributed by atoms with Crippen LogP contribution in [0.15, 0.2) is 42.5 Å². The van der Waals surface area contributed by atoms with Gasteiger partial charge in [-0.15, -0.1) is 0 Å². The van der Waals surface area contributed by atoms with Crippen LogP contribution >= 0.6 is 0 Å². The minimum absolute atomic E-state index is 0.0295.